The number of carbonyl (C=O) groups excluding carboxylic acids is 1. The van der Waals surface area contributed by atoms with Crippen molar-refractivity contribution < 1.29 is 13.7 Å². The molecule has 0 saturated heterocycles. The van der Waals surface area contributed by atoms with Crippen LogP contribution in [0, 0.1) is 5.82 Å². The minimum atomic E-state index is -0.320. The largest absolute Gasteiger partial charge is 0.355 e. The summed E-state index contributed by atoms with van der Waals surface area (Å²) >= 11 is 0. The lowest BCUT2D eigenvalue weighted by Crippen LogP contribution is -2.32. The van der Waals surface area contributed by atoms with Gasteiger partial charge in [0.1, 0.15) is 5.82 Å². The fourth-order valence-electron chi connectivity index (χ4n) is 1.94. The van der Waals surface area contributed by atoms with Gasteiger partial charge in [0, 0.05) is 17.7 Å². The molecule has 2 rings (SSSR count). The molecule has 4 nitrogen and oxygen atoms in total. The summed E-state index contributed by atoms with van der Waals surface area (Å²) in [6.07, 6.45) is 1.91. The van der Waals surface area contributed by atoms with Gasteiger partial charge in [-0.25, -0.2) is 4.39 Å². The van der Waals surface area contributed by atoms with Gasteiger partial charge in [-0.05, 0) is 37.6 Å². The van der Waals surface area contributed by atoms with E-state index in [1.807, 2.05) is 6.92 Å². The van der Waals surface area contributed by atoms with Gasteiger partial charge >= 0.3 is 0 Å². The zero-order valence-electron chi connectivity index (χ0n) is 11.5. The summed E-state index contributed by atoms with van der Waals surface area (Å²) in [6, 6.07) is 7.48. The van der Waals surface area contributed by atoms with E-state index in [2.05, 4.69) is 17.4 Å². The quantitative estimate of drug-likeness (QED) is 0.910. The number of hydrogen-bond donors (Lipinski definition) is 1. The molecule has 0 unspecified atom stereocenters. The number of carbonyl (C=O) groups is 1. The number of rotatable bonds is 5. The predicted molar refractivity (Wildman–Crippen MR) is 73.7 cm³/mol. The van der Waals surface area contributed by atoms with E-state index in [0.29, 0.717) is 11.3 Å². The van der Waals surface area contributed by atoms with Gasteiger partial charge in [-0.15, -0.1) is 0 Å². The van der Waals surface area contributed by atoms with Crippen LogP contribution in [-0.4, -0.2) is 17.1 Å². The van der Waals surface area contributed by atoms with Gasteiger partial charge in [0.2, 0.25) is 0 Å². The van der Waals surface area contributed by atoms with Crippen molar-refractivity contribution in [2.24, 2.45) is 0 Å². The second-order valence-corrected chi connectivity index (χ2v) is 4.75. The molecule has 0 saturated carbocycles. The van der Waals surface area contributed by atoms with Crippen molar-refractivity contribution in [1.82, 2.24) is 10.5 Å². The van der Waals surface area contributed by atoms with Gasteiger partial charge < -0.3 is 9.84 Å². The molecule has 0 bridgehead atoms. The topological polar surface area (TPSA) is 55.1 Å². The molecule has 1 amide bonds. The Hall–Kier alpha value is -2.17. The summed E-state index contributed by atoms with van der Waals surface area (Å²) in [4.78, 5) is 11.9. The van der Waals surface area contributed by atoms with Crippen LogP contribution >= 0.6 is 0 Å². The van der Waals surface area contributed by atoms with Gasteiger partial charge in [-0.1, -0.05) is 18.5 Å². The highest BCUT2D eigenvalue weighted by Crippen LogP contribution is 2.20. The SMILES string of the molecule is CCC[C@H](C)NC(=O)c1cc(-c2ccc(F)cc2)on1. The molecule has 20 heavy (non-hydrogen) atoms. The smallest absolute Gasteiger partial charge is 0.273 e. The molecule has 1 N–H and O–H groups in total. The van der Waals surface area contributed by atoms with Gasteiger partial charge in [0.15, 0.2) is 11.5 Å². The van der Waals surface area contributed by atoms with E-state index in [1.165, 1.54) is 12.1 Å². The van der Waals surface area contributed by atoms with E-state index in [1.54, 1.807) is 18.2 Å². The van der Waals surface area contributed by atoms with Gasteiger partial charge in [-0.2, -0.15) is 0 Å². The Kier molecular flexibility index (Phi) is 4.50. The van der Waals surface area contributed by atoms with Crippen LogP contribution in [0.2, 0.25) is 0 Å². The van der Waals surface area contributed by atoms with Crippen LogP contribution in [0.4, 0.5) is 4.39 Å². The first-order valence-corrected chi connectivity index (χ1v) is 6.63. The molecule has 0 spiro atoms. The zero-order chi connectivity index (χ0) is 14.5. The van der Waals surface area contributed by atoms with Crippen LogP contribution < -0.4 is 5.32 Å². The van der Waals surface area contributed by atoms with Crippen LogP contribution in [0.3, 0.4) is 0 Å². The van der Waals surface area contributed by atoms with E-state index in [-0.39, 0.29) is 23.5 Å². The maximum absolute atomic E-state index is 12.8. The Balaban J connectivity index is 2.08. The van der Waals surface area contributed by atoms with Gasteiger partial charge in [0.25, 0.3) is 5.91 Å². The third-order valence-electron chi connectivity index (χ3n) is 2.97. The first-order valence-electron chi connectivity index (χ1n) is 6.63. The highest BCUT2D eigenvalue weighted by atomic mass is 19.1. The monoisotopic (exact) mass is 276 g/mol. The maximum atomic E-state index is 12.8. The third kappa shape index (κ3) is 3.44. The summed E-state index contributed by atoms with van der Waals surface area (Å²) in [5.41, 5.74) is 0.909. The number of amides is 1. The van der Waals surface area contributed by atoms with E-state index in [4.69, 9.17) is 4.52 Å². The number of benzene rings is 1. The summed E-state index contributed by atoms with van der Waals surface area (Å²) < 4.78 is 18.0. The highest BCUT2D eigenvalue weighted by Gasteiger charge is 2.15. The van der Waals surface area contributed by atoms with Gasteiger partial charge in [0.05, 0.1) is 0 Å². The molecule has 2 aromatic rings. The van der Waals surface area contributed by atoms with Crippen LogP contribution in [0.25, 0.3) is 11.3 Å². The minimum absolute atomic E-state index is 0.0958. The second-order valence-electron chi connectivity index (χ2n) is 4.75. The molecule has 1 heterocycles. The molecule has 0 aliphatic carbocycles. The van der Waals surface area contributed by atoms with Crippen molar-refractivity contribution in [2.75, 3.05) is 0 Å². The minimum Gasteiger partial charge on any atom is -0.355 e. The molecule has 0 radical (unpaired) electrons. The Morgan fingerprint density at radius 1 is 1.40 bits per heavy atom. The molecule has 0 fully saturated rings. The fraction of sp³-hybridized carbons (Fsp3) is 0.333. The van der Waals surface area contributed by atoms with E-state index in [9.17, 15) is 9.18 Å². The lowest BCUT2D eigenvalue weighted by atomic mass is 10.1. The molecule has 1 atom stereocenters. The van der Waals surface area contributed by atoms with E-state index >= 15 is 0 Å². The second kappa shape index (κ2) is 6.32. The summed E-state index contributed by atoms with van der Waals surface area (Å²) in [5, 5.41) is 6.60. The molecular weight excluding hydrogens is 259 g/mol. The lowest BCUT2D eigenvalue weighted by molar-refractivity contribution is 0.0929. The van der Waals surface area contributed by atoms with Crippen LogP contribution in [-0.2, 0) is 0 Å². The van der Waals surface area contributed by atoms with Crippen LogP contribution in [0.5, 0.6) is 0 Å². The molecule has 106 valence electrons. The first kappa shape index (κ1) is 14.2. The molecule has 0 aliphatic rings. The molecular formula is C15H17FN2O2. The van der Waals surface area contributed by atoms with Crippen molar-refractivity contribution in [2.45, 2.75) is 32.7 Å². The summed E-state index contributed by atoms with van der Waals surface area (Å²) in [5.74, 6) is -0.138. The molecule has 0 aliphatic heterocycles. The number of nitrogens with zero attached hydrogens (tertiary/aromatic N) is 1. The van der Waals surface area contributed by atoms with Crippen molar-refractivity contribution >= 4 is 5.91 Å². The lowest BCUT2D eigenvalue weighted by Gasteiger charge is -2.10. The van der Waals surface area contributed by atoms with E-state index in [0.717, 1.165) is 12.8 Å². The number of nitrogens with one attached hydrogen (secondary N) is 1. The summed E-state index contributed by atoms with van der Waals surface area (Å²) in [6.45, 7) is 4.01. The Morgan fingerprint density at radius 3 is 2.75 bits per heavy atom. The van der Waals surface area contributed by atoms with Crippen molar-refractivity contribution in [3.05, 3.63) is 41.8 Å². The average molecular weight is 276 g/mol. The van der Waals surface area contributed by atoms with E-state index < -0.39 is 0 Å². The predicted octanol–water partition coefficient (Wildman–Crippen LogP) is 3.40. The molecule has 1 aromatic heterocycles. The zero-order valence-corrected chi connectivity index (χ0v) is 11.5. The van der Waals surface area contributed by atoms with Crippen molar-refractivity contribution in [3.8, 4) is 11.3 Å². The van der Waals surface area contributed by atoms with Crippen molar-refractivity contribution in [1.29, 1.82) is 0 Å². The Bertz CT molecular complexity index is 578. The van der Waals surface area contributed by atoms with Crippen LogP contribution in [0.1, 0.15) is 37.2 Å². The van der Waals surface area contributed by atoms with Crippen LogP contribution in [0.15, 0.2) is 34.9 Å². The maximum Gasteiger partial charge on any atom is 0.273 e. The normalized spacial score (nSPS) is 12.2. The number of aromatic nitrogens is 1. The third-order valence-corrected chi connectivity index (χ3v) is 2.97. The highest BCUT2D eigenvalue weighted by molar-refractivity contribution is 5.93. The Labute approximate surface area is 117 Å². The molecule has 5 heteroatoms. The number of halogens is 1. The standard InChI is InChI=1S/C15H17FN2O2/c1-3-4-10(2)17-15(19)13-9-14(20-18-13)11-5-7-12(16)8-6-11/h5-10H,3-4H2,1-2H3,(H,17,19)/t10-/m0/s1. The molecule has 1 aromatic carbocycles. The Morgan fingerprint density at radius 2 is 2.10 bits per heavy atom. The van der Waals surface area contributed by atoms with Crippen molar-refractivity contribution in [3.63, 3.8) is 0 Å². The fourth-order valence-corrected chi connectivity index (χ4v) is 1.94. The average Bonchev–Trinajstić information content (AvgIpc) is 2.89. The summed E-state index contributed by atoms with van der Waals surface area (Å²) in [7, 11) is 0. The first-order chi connectivity index (χ1) is 9.60. The van der Waals surface area contributed by atoms with Gasteiger partial charge in [-0.3, -0.25) is 4.79 Å². The number of hydrogen-bond acceptors (Lipinski definition) is 3.